The van der Waals surface area contributed by atoms with Gasteiger partial charge in [0.15, 0.2) is 0 Å². The number of aromatic amines is 1. The third kappa shape index (κ3) is 2.31. The van der Waals surface area contributed by atoms with Gasteiger partial charge < -0.3 is 17.6 Å². The normalized spacial score (nSPS) is 18.8. The average Bonchev–Trinajstić information content (AvgIpc) is 2.54. The monoisotopic (exact) mass is 274 g/mol. The Morgan fingerprint density at radius 2 is 2.29 bits per heavy atom. The Hall–Kier alpha value is 0.0600. The Balaban J connectivity index is 0.00000108. The van der Waals surface area contributed by atoms with Crippen LogP contribution in [0.25, 0.3) is 10.2 Å². The number of rotatable bonds is 0. The van der Waals surface area contributed by atoms with E-state index < -0.39 is 0 Å². The van der Waals surface area contributed by atoms with Gasteiger partial charge in [-0.1, -0.05) is 6.92 Å². The van der Waals surface area contributed by atoms with Crippen LogP contribution in [-0.2, 0) is 25.5 Å². The van der Waals surface area contributed by atoms with Crippen LogP contribution in [-0.4, -0.2) is 9.97 Å². The molecule has 1 atom stereocenters. The standard InChI is InChI=1S/C11H12N2OS2.Na/c1-5-2-3-6-7(4-5)16-10-8(6)9(14)12-11(15)13-10;/h5H,2-4H2,1H3,(H2,12,13,14,15);/q;+1/p-1. The molecule has 2 aromatic rings. The molecule has 0 bridgehead atoms. The maximum Gasteiger partial charge on any atom is 1.00 e. The third-order valence-corrected chi connectivity index (χ3v) is 4.49. The zero-order valence-corrected chi connectivity index (χ0v) is 13.5. The van der Waals surface area contributed by atoms with E-state index >= 15 is 0 Å². The van der Waals surface area contributed by atoms with Crippen molar-refractivity contribution in [1.82, 2.24) is 9.97 Å². The summed E-state index contributed by atoms with van der Waals surface area (Å²) in [5, 5.41) is 1.07. The molecule has 2 heterocycles. The van der Waals surface area contributed by atoms with Gasteiger partial charge in [-0.2, -0.15) is 0 Å². The minimum absolute atomic E-state index is 0. The topological polar surface area (TPSA) is 45.8 Å². The minimum Gasteiger partial charge on any atom is -0.742 e. The van der Waals surface area contributed by atoms with Gasteiger partial charge in [-0.05, 0) is 35.9 Å². The summed E-state index contributed by atoms with van der Waals surface area (Å²) in [6, 6.07) is 0. The quantitative estimate of drug-likeness (QED) is 0.381. The summed E-state index contributed by atoms with van der Waals surface area (Å²) in [5.41, 5.74) is 1.14. The van der Waals surface area contributed by atoms with Crippen LogP contribution in [0, 0.1) is 5.92 Å². The molecular weight excluding hydrogens is 263 g/mol. The number of nitrogens with zero attached hydrogens (tertiary/aromatic N) is 1. The van der Waals surface area contributed by atoms with Gasteiger partial charge in [-0.3, -0.25) is 4.79 Å². The van der Waals surface area contributed by atoms with Crippen molar-refractivity contribution in [1.29, 1.82) is 0 Å². The van der Waals surface area contributed by atoms with E-state index in [-0.39, 0.29) is 35.1 Å². The van der Waals surface area contributed by atoms with Crippen molar-refractivity contribution in [3.05, 3.63) is 20.8 Å². The summed E-state index contributed by atoms with van der Waals surface area (Å²) in [7, 11) is 0. The molecule has 0 amide bonds. The van der Waals surface area contributed by atoms with E-state index in [1.54, 1.807) is 11.3 Å². The van der Waals surface area contributed by atoms with Crippen LogP contribution in [0.2, 0.25) is 0 Å². The van der Waals surface area contributed by atoms with Crippen molar-refractivity contribution in [2.45, 2.75) is 31.3 Å². The van der Waals surface area contributed by atoms with Crippen molar-refractivity contribution in [3.8, 4) is 0 Å². The molecule has 1 unspecified atom stereocenters. The fraction of sp³-hybridized carbons (Fsp3) is 0.455. The molecule has 1 aliphatic carbocycles. The van der Waals surface area contributed by atoms with Gasteiger partial charge in [0.25, 0.3) is 5.56 Å². The second kappa shape index (κ2) is 4.97. The first-order chi connectivity index (χ1) is 7.65. The molecule has 6 heteroatoms. The van der Waals surface area contributed by atoms with Gasteiger partial charge in [0.1, 0.15) is 4.83 Å². The van der Waals surface area contributed by atoms with Crippen molar-refractivity contribution in [2.24, 2.45) is 5.92 Å². The Labute approximate surface area is 131 Å². The molecule has 0 spiro atoms. The maximum atomic E-state index is 11.9. The first-order valence-corrected chi connectivity index (χ1v) is 6.59. The summed E-state index contributed by atoms with van der Waals surface area (Å²) >= 11 is 6.56. The summed E-state index contributed by atoms with van der Waals surface area (Å²) in [6.07, 6.45) is 3.23. The molecule has 17 heavy (non-hydrogen) atoms. The smallest absolute Gasteiger partial charge is 0.742 e. The Morgan fingerprint density at radius 1 is 1.53 bits per heavy atom. The molecule has 0 fully saturated rings. The van der Waals surface area contributed by atoms with Crippen LogP contribution in [0.3, 0.4) is 0 Å². The van der Waals surface area contributed by atoms with Crippen LogP contribution in [0.4, 0.5) is 0 Å². The SMILES string of the molecule is CC1CCc2c(sc3nc([S-])[nH]c(=O)c23)C1.[Na+]. The zero-order chi connectivity index (χ0) is 11.3. The minimum atomic E-state index is -0.0675. The van der Waals surface area contributed by atoms with Gasteiger partial charge in [0.05, 0.1) is 5.39 Å². The van der Waals surface area contributed by atoms with Gasteiger partial charge in [-0.15, -0.1) is 11.3 Å². The molecule has 3 nitrogen and oxygen atoms in total. The number of fused-ring (bicyclic) bond motifs is 3. The predicted molar refractivity (Wildman–Crippen MR) is 67.1 cm³/mol. The van der Waals surface area contributed by atoms with Crippen LogP contribution in [0.5, 0.6) is 0 Å². The summed E-state index contributed by atoms with van der Waals surface area (Å²) in [5.74, 6) is 0.711. The first kappa shape index (κ1) is 13.5. The van der Waals surface area contributed by atoms with Crippen LogP contribution < -0.4 is 35.1 Å². The summed E-state index contributed by atoms with van der Waals surface area (Å²) in [6.45, 7) is 2.25. The Kier molecular flexibility index (Phi) is 3.95. The largest absolute Gasteiger partial charge is 1.00 e. The van der Waals surface area contributed by atoms with E-state index in [1.165, 1.54) is 10.4 Å². The molecule has 2 aromatic heterocycles. The van der Waals surface area contributed by atoms with Gasteiger partial charge in [0.2, 0.25) is 0 Å². The molecule has 1 N–H and O–H groups in total. The fourth-order valence-corrected chi connectivity index (χ4v) is 3.95. The van der Waals surface area contributed by atoms with E-state index in [4.69, 9.17) is 12.6 Å². The number of thiophene rings is 1. The van der Waals surface area contributed by atoms with E-state index in [0.717, 1.165) is 29.5 Å². The van der Waals surface area contributed by atoms with Gasteiger partial charge >= 0.3 is 29.6 Å². The van der Waals surface area contributed by atoms with Crippen LogP contribution in [0.15, 0.2) is 9.95 Å². The second-order valence-corrected chi connectivity index (χ2v) is 5.87. The van der Waals surface area contributed by atoms with Crippen LogP contribution >= 0.6 is 11.3 Å². The molecular formula is C11H11N2NaOS2. The average molecular weight is 274 g/mol. The second-order valence-electron chi connectivity index (χ2n) is 4.40. The fourth-order valence-electron chi connectivity index (χ4n) is 2.33. The summed E-state index contributed by atoms with van der Waals surface area (Å²) < 4.78 is 0. The van der Waals surface area contributed by atoms with E-state index in [2.05, 4.69) is 16.9 Å². The number of nitrogens with one attached hydrogen (secondary N) is 1. The first-order valence-electron chi connectivity index (χ1n) is 5.36. The van der Waals surface area contributed by atoms with Crippen LogP contribution in [0.1, 0.15) is 23.8 Å². The van der Waals surface area contributed by atoms with Crippen molar-refractivity contribution in [2.75, 3.05) is 0 Å². The number of hydrogen-bond donors (Lipinski definition) is 1. The third-order valence-electron chi connectivity index (χ3n) is 3.14. The van der Waals surface area contributed by atoms with E-state index in [1.807, 2.05) is 0 Å². The van der Waals surface area contributed by atoms with Gasteiger partial charge in [-0.25, -0.2) is 4.98 Å². The Morgan fingerprint density at radius 3 is 3.06 bits per heavy atom. The zero-order valence-electron chi connectivity index (χ0n) is 9.87. The molecule has 0 saturated carbocycles. The molecule has 1 aliphatic rings. The van der Waals surface area contributed by atoms with Crippen molar-refractivity contribution in [3.63, 3.8) is 0 Å². The summed E-state index contributed by atoms with van der Waals surface area (Å²) in [4.78, 5) is 20.9. The van der Waals surface area contributed by atoms with Gasteiger partial charge in [0, 0.05) is 4.88 Å². The Bertz CT molecular complexity index is 620. The van der Waals surface area contributed by atoms with Crippen molar-refractivity contribution < 1.29 is 29.6 Å². The molecule has 0 aliphatic heterocycles. The number of hydrogen-bond acceptors (Lipinski definition) is 4. The maximum absolute atomic E-state index is 11.9. The molecule has 0 saturated heterocycles. The van der Waals surface area contributed by atoms with E-state index in [0.29, 0.717) is 11.1 Å². The molecule has 3 rings (SSSR count). The number of aromatic nitrogens is 2. The molecule has 0 aromatic carbocycles. The molecule has 84 valence electrons. The van der Waals surface area contributed by atoms with Crippen molar-refractivity contribution >= 4 is 34.2 Å². The molecule has 0 radical (unpaired) electrons. The predicted octanol–water partition coefficient (Wildman–Crippen LogP) is -0.981. The number of H-pyrrole nitrogens is 1. The van der Waals surface area contributed by atoms with E-state index in [9.17, 15) is 4.79 Å². The number of aryl methyl sites for hydroxylation is 1.